The Kier molecular flexibility index (Phi) is 6.95. The topological polar surface area (TPSA) is 87.1 Å². The first-order valence-electron chi connectivity index (χ1n) is 15.8. The van der Waals surface area contributed by atoms with E-state index in [1.807, 2.05) is 32.9 Å². The van der Waals surface area contributed by atoms with Crippen molar-refractivity contribution in [1.29, 1.82) is 0 Å². The van der Waals surface area contributed by atoms with Gasteiger partial charge in [-0.25, -0.2) is 4.79 Å². The highest BCUT2D eigenvalue weighted by Gasteiger charge is 2.74. The third kappa shape index (κ3) is 3.87. The Hall–Kier alpha value is -1.96. The highest BCUT2D eigenvalue weighted by atomic mass is 32.1. The van der Waals surface area contributed by atoms with E-state index in [2.05, 4.69) is 32.1 Å². The summed E-state index contributed by atoms with van der Waals surface area (Å²) in [7, 11) is 0. The van der Waals surface area contributed by atoms with Crippen LogP contribution in [0.2, 0.25) is 0 Å². The summed E-state index contributed by atoms with van der Waals surface area (Å²) >= 11 is 1.55. The Labute approximate surface area is 248 Å². The third-order valence-corrected chi connectivity index (χ3v) is 13.4. The minimum Gasteiger partial charge on any atom is -0.450 e. The zero-order chi connectivity index (χ0) is 29.4. The quantitative estimate of drug-likeness (QED) is 0.276. The van der Waals surface area contributed by atoms with Gasteiger partial charge in [-0.3, -0.25) is 4.79 Å². The van der Waals surface area contributed by atoms with E-state index in [-0.39, 0.29) is 47.2 Å². The number of aliphatic hydroxyl groups is 2. The second kappa shape index (κ2) is 9.78. The largest absolute Gasteiger partial charge is 0.450 e. The summed E-state index contributed by atoms with van der Waals surface area (Å²) in [6.45, 7) is 11.6. The van der Waals surface area contributed by atoms with Gasteiger partial charge in [0.1, 0.15) is 0 Å². The van der Waals surface area contributed by atoms with Gasteiger partial charge in [0.25, 0.3) is 0 Å². The van der Waals surface area contributed by atoms with E-state index >= 15 is 0 Å². The monoisotopic (exact) mass is 581 g/mol. The van der Waals surface area contributed by atoms with Gasteiger partial charge in [0.2, 0.25) is 0 Å². The number of allylic oxidation sites excluding steroid dienone is 4. The fourth-order valence-electron chi connectivity index (χ4n) is 10.3. The van der Waals surface area contributed by atoms with Gasteiger partial charge in [-0.05, 0) is 94.6 Å². The van der Waals surface area contributed by atoms with Crippen LogP contribution in [-0.2, 0) is 4.74 Å². The number of fused-ring (bicyclic) bond motifs is 1. The number of ether oxygens (including phenoxy) is 1. The molecule has 7 heteroatoms. The first-order chi connectivity index (χ1) is 19.4. The molecule has 6 nitrogen and oxygen atoms in total. The number of amides is 1. The second-order valence-electron chi connectivity index (χ2n) is 14.2. The number of carbonyl (C=O) groups excluding carboxylic acids is 2. The van der Waals surface area contributed by atoms with E-state index in [0.29, 0.717) is 26.0 Å². The molecule has 0 radical (unpaired) electrons. The summed E-state index contributed by atoms with van der Waals surface area (Å²) in [4.78, 5) is 31.0. The van der Waals surface area contributed by atoms with Crippen molar-refractivity contribution in [2.75, 3.05) is 19.7 Å². The van der Waals surface area contributed by atoms with Crippen LogP contribution < -0.4 is 0 Å². The third-order valence-electron chi connectivity index (χ3n) is 12.4. The number of aliphatic hydroxyl groups excluding tert-OH is 1. The lowest BCUT2D eigenvalue weighted by Crippen LogP contribution is -2.67. The van der Waals surface area contributed by atoms with E-state index in [0.717, 1.165) is 53.9 Å². The molecule has 2 N–H and O–H groups in total. The van der Waals surface area contributed by atoms with E-state index in [4.69, 9.17) is 4.74 Å². The molecule has 224 valence electrons. The van der Waals surface area contributed by atoms with E-state index < -0.39 is 16.4 Å². The first kappa shape index (κ1) is 29.1. The van der Waals surface area contributed by atoms with Crippen molar-refractivity contribution in [1.82, 2.24) is 4.90 Å². The minimum atomic E-state index is -1.07. The standard InChI is InChI=1S/C34H47NO5S/c1-6-18-35(29(38)40-7-2)21-33(39)15-12-27-31(33,5)14-11-26-30(4)13-10-23(36)19-32(30)16-17-34(26,27)24(20-32)28(37)25-9-8-22(3)41-25/h8-9,16-17,20,23,26-27,36,39H,6-7,10-15,18-19,21H2,1-5H3/t23?,26-,27-,30-,31+,32+,33-,34-/m1/s1. The fourth-order valence-corrected chi connectivity index (χ4v) is 11.1. The number of thiophene rings is 1. The summed E-state index contributed by atoms with van der Waals surface area (Å²) in [6, 6.07) is 3.98. The Morgan fingerprint density at radius 3 is 2.44 bits per heavy atom. The van der Waals surface area contributed by atoms with Crippen molar-refractivity contribution < 1.29 is 24.5 Å². The van der Waals surface area contributed by atoms with E-state index in [1.54, 1.807) is 16.2 Å². The lowest BCUT2D eigenvalue weighted by molar-refractivity contribution is -0.175. The predicted octanol–water partition coefficient (Wildman–Crippen LogP) is 6.70. The molecule has 6 aliphatic rings. The maximum absolute atomic E-state index is 14.5. The molecule has 1 amide bonds. The summed E-state index contributed by atoms with van der Waals surface area (Å²) in [5, 5.41) is 23.4. The van der Waals surface area contributed by atoms with Gasteiger partial charge in [-0.15, -0.1) is 11.3 Å². The van der Waals surface area contributed by atoms with Crippen molar-refractivity contribution in [2.45, 2.75) is 97.7 Å². The number of nitrogens with zero attached hydrogens (tertiary/aromatic N) is 1. The predicted molar refractivity (Wildman–Crippen MR) is 161 cm³/mol. The molecule has 1 aromatic heterocycles. The highest BCUT2D eigenvalue weighted by molar-refractivity contribution is 7.14. The van der Waals surface area contributed by atoms with Crippen molar-refractivity contribution in [3.8, 4) is 0 Å². The summed E-state index contributed by atoms with van der Waals surface area (Å²) < 4.78 is 5.39. The molecule has 8 atom stereocenters. The normalized spacial score (nSPS) is 42.2. The number of ketones is 1. The lowest BCUT2D eigenvalue weighted by atomic mass is 9.32. The zero-order valence-electron chi connectivity index (χ0n) is 25.4. The van der Waals surface area contributed by atoms with E-state index in [9.17, 15) is 19.8 Å². The maximum Gasteiger partial charge on any atom is 0.409 e. The molecular weight excluding hydrogens is 534 g/mol. The van der Waals surface area contributed by atoms with Crippen LogP contribution in [0.1, 0.15) is 93.6 Å². The van der Waals surface area contributed by atoms with Crippen LogP contribution >= 0.6 is 11.3 Å². The van der Waals surface area contributed by atoms with Crippen LogP contribution in [-0.4, -0.2) is 58.4 Å². The summed E-state index contributed by atoms with van der Waals surface area (Å²) in [6.07, 6.45) is 12.6. The summed E-state index contributed by atoms with van der Waals surface area (Å²) in [5.41, 5.74) is -1.54. The molecule has 3 fully saturated rings. The van der Waals surface area contributed by atoms with Crippen LogP contribution in [0.15, 0.2) is 35.9 Å². The number of Topliss-reactive ketones (excluding diaryl/α,β-unsaturated/α-hetero) is 1. The van der Waals surface area contributed by atoms with Gasteiger partial charge in [-0.2, -0.15) is 0 Å². The van der Waals surface area contributed by atoms with Gasteiger partial charge in [-0.1, -0.05) is 39.0 Å². The molecular formula is C34H47NO5S. The first-order valence-corrected chi connectivity index (χ1v) is 16.6. The smallest absolute Gasteiger partial charge is 0.409 e. The number of hydrogen-bond donors (Lipinski definition) is 2. The molecule has 0 aliphatic heterocycles. The van der Waals surface area contributed by atoms with Crippen LogP contribution in [0.3, 0.4) is 0 Å². The lowest BCUT2D eigenvalue weighted by Gasteiger charge is -2.71. The molecule has 0 aromatic carbocycles. The molecule has 1 unspecified atom stereocenters. The number of hydrogen-bond acceptors (Lipinski definition) is 6. The Morgan fingerprint density at radius 1 is 1.05 bits per heavy atom. The van der Waals surface area contributed by atoms with Crippen LogP contribution in [0.5, 0.6) is 0 Å². The molecule has 0 saturated heterocycles. The van der Waals surface area contributed by atoms with E-state index in [1.165, 1.54) is 0 Å². The number of carbonyl (C=O) groups is 2. The Morgan fingerprint density at radius 2 is 1.76 bits per heavy atom. The second-order valence-corrected chi connectivity index (χ2v) is 15.5. The molecule has 2 spiro atoms. The molecule has 1 aromatic rings. The molecule has 41 heavy (non-hydrogen) atoms. The maximum atomic E-state index is 14.5. The van der Waals surface area contributed by atoms with Gasteiger partial charge in [0.05, 0.1) is 29.7 Å². The van der Waals surface area contributed by atoms with Gasteiger partial charge >= 0.3 is 6.09 Å². The van der Waals surface area contributed by atoms with Crippen molar-refractivity contribution >= 4 is 23.2 Å². The Bertz CT molecular complexity index is 1300. The summed E-state index contributed by atoms with van der Waals surface area (Å²) in [5.74, 6) is 0.436. The van der Waals surface area contributed by atoms with Crippen molar-refractivity contribution in [3.05, 3.63) is 45.7 Å². The van der Waals surface area contributed by atoms with Gasteiger partial charge < -0.3 is 19.8 Å². The molecule has 1 heterocycles. The van der Waals surface area contributed by atoms with Crippen LogP contribution in [0.25, 0.3) is 0 Å². The zero-order valence-corrected chi connectivity index (χ0v) is 26.2. The molecule has 7 rings (SSSR count). The Balaban J connectivity index is 1.46. The minimum absolute atomic E-state index is 0.0582. The van der Waals surface area contributed by atoms with Crippen molar-refractivity contribution in [3.63, 3.8) is 0 Å². The molecule has 6 aliphatic carbocycles. The average molecular weight is 582 g/mol. The molecule has 2 bridgehead atoms. The number of rotatable bonds is 7. The van der Waals surface area contributed by atoms with Crippen LogP contribution in [0, 0.1) is 40.4 Å². The van der Waals surface area contributed by atoms with Gasteiger partial charge in [0.15, 0.2) is 5.78 Å². The SMILES string of the molecule is CCCN(C[C@]1(O)CC[C@H]2[C@]34C=C[C@@]5(C=C3C(=O)c3ccc(C)s3)CC(O)CC[C@]5(C)[C@H]4CC[C@@]21C)C(=O)OCC. The van der Waals surface area contributed by atoms with Crippen molar-refractivity contribution in [2.24, 2.45) is 33.5 Å². The van der Waals surface area contributed by atoms with Crippen LogP contribution in [0.4, 0.5) is 4.79 Å². The fraction of sp³-hybridized carbons (Fsp3) is 0.706. The number of aryl methyl sites for hydroxylation is 1. The average Bonchev–Trinajstić information content (AvgIpc) is 3.48. The molecule has 3 saturated carbocycles. The van der Waals surface area contributed by atoms with Gasteiger partial charge in [0, 0.05) is 33.2 Å². The highest BCUT2D eigenvalue weighted by Crippen LogP contribution is 2.78.